The molecule has 0 aromatic carbocycles. The molecule has 0 unspecified atom stereocenters. The van der Waals surface area contributed by atoms with E-state index in [-0.39, 0.29) is 41.5 Å². The van der Waals surface area contributed by atoms with Crippen molar-refractivity contribution >= 4 is 61.9 Å². The molecule has 22 heavy (non-hydrogen) atoms. The fourth-order valence-electron chi connectivity index (χ4n) is 0. The van der Waals surface area contributed by atoms with Gasteiger partial charge in [0.05, 0.1) is 0 Å². The average Bonchev–Trinajstić information content (AvgIpc) is 2.35. The molecule has 0 heterocycles. The zero-order chi connectivity index (χ0) is 18.9. The predicted octanol–water partition coefficient (Wildman–Crippen LogP) is -6.76. The molecule has 0 saturated heterocycles. The van der Waals surface area contributed by atoms with Gasteiger partial charge >= 0.3 is 116 Å². The fourth-order valence-corrected chi connectivity index (χ4v) is 0. The first-order valence-electron chi connectivity index (χ1n) is 4.96. The van der Waals surface area contributed by atoms with Gasteiger partial charge in [0, 0.05) is 19.8 Å². The summed E-state index contributed by atoms with van der Waals surface area (Å²) in [5.74, 6) is 0. The van der Waals surface area contributed by atoms with Crippen LogP contribution in [0.25, 0.3) is 0 Å². The van der Waals surface area contributed by atoms with Gasteiger partial charge in [-0.05, 0) is 20.8 Å². The number of hydrogen-bond acceptors (Lipinski definition) is 11. The van der Waals surface area contributed by atoms with Crippen LogP contribution >= 0.6 is 0 Å². The minimum Gasteiger partial charge on any atom is 4.00 e. The third-order valence-electron chi connectivity index (χ3n) is 0. The van der Waals surface area contributed by atoms with Gasteiger partial charge in [0.15, 0.2) is 0 Å². The molecule has 0 aliphatic heterocycles. The minimum atomic E-state index is -1.75. The molecular weight excluding hydrogens is 404 g/mol. The topological polar surface area (TPSA) is 221 Å². The van der Waals surface area contributed by atoms with E-state index >= 15 is 0 Å². The predicted molar refractivity (Wildman–Crippen MR) is 64.0 cm³/mol. The molecule has 0 fully saturated rings. The number of hydrogen-bond donors (Lipinski definition) is 3. The third kappa shape index (κ3) is 6770. The summed E-state index contributed by atoms with van der Waals surface area (Å²) in [6, 6.07) is 0. The Labute approximate surface area is 170 Å². The van der Waals surface area contributed by atoms with Gasteiger partial charge in [-0.2, -0.15) is 0 Å². The van der Waals surface area contributed by atoms with Crippen molar-refractivity contribution in [3.8, 4) is 0 Å². The molecule has 0 atom stereocenters. The summed E-state index contributed by atoms with van der Waals surface area (Å²) < 4.78 is 67.7. The first-order valence-corrected chi connectivity index (χ1v) is 8.73. The van der Waals surface area contributed by atoms with Gasteiger partial charge in [0.2, 0.25) is 0 Å². The van der Waals surface area contributed by atoms with Crippen LogP contribution in [0, 0.1) is 0 Å². The van der Waals surface area contributed by atoms with Gasteiger partial charge in [-0.25, -0.2) is 0 Å². The molecule has 0 aromatic rings. The molecule has 11 nitrogen and oxygen atoms in total. The maximum atomic E-state index is 8.46. The monoisotopic (exact) mass is 422 g/mol. The smallest absolute Gasteiger partial charge is 4.00 e. The first kappa shape index (κ1) is 49.5. The van der Waals surface area contributed by atoms with Gasteiger partial charge in [-0.3, -0.25) is 0 Å². The van der Waals surface area contributed by atoms with E-state index in [9.17, 15) is 0 Å². The van der Waals surface area contributed by atoms with Crippen molar-refractivity contribution in [2.75, 3.05) is 19.8 Å². The van der Waals surface area contributed by atoms with Crippen LogP contribution in [-0.2, 0) is 36.9 Å². The van der Waals surface area contributed by atoms with E-state index in [2.05, 4.69) is 0 Å². The summed E-state index contributed by atoms with van der Waals surface area (Å²) in [4.78, 5) is 0. The largest absolute Gasteiger partial charge is 4.00 e. The Kier molecular flexibility index (Phi) is 336. The Hall–Kier alpha value is 1.12. The van der Waals surface area contributed by atoms with Crippen molar-refractivity contribution in [2.45, 2.75) is 20.8 Å². The standard InChI is InChI=1S/3C2H6O.4Al.8O.Ti/c3*1-2-3;;;;;;;;;;;;;/h3*3H,2H2,1H3;;;;;;;;;;;;;/q;;;;;;;;;;;4*-1;+4. The average molecular weight is 422 g/mol. The molecular formula is C6H18Al4O11Ti. The molecule has 0 saturated carbocycles. The van der Waals surface area contributed by atoms with Crippen molar-refractivity contribution in [1.29, 1.82) is 0 Å². The zero-order valence-electron chi connectivity index (χ0n) is 12.5. The summed E-state index contributed by atoms with van der Waals surface area (Å²) >= 11 is -7.00. The van der Waals surface area contributed by atoms with E-state index in [0.29, 0.717) is 0 Å². The first-order chi connectivity index (χ1) is 9.90. The molecule has 0 rings (SSSR count). The second-order valence-corrected chi connectivity index (χ2v) is 2.10. The Balaban J connectivity index is -0.0000000172. The van der Waals surface area contributed by atoms with Gasteiger partial charge in [0.1, 0.15) is 0 Å². The second kappa shape index (κ2) is 150. The van der Waals surface area contributed by atoms with Crippen molar-refractivity contribution in [2.24, 2.45) is 0 Å². The second-order valence-electron chi connectivity index (χ2n) is 1.33. The minimum absolute atomic E-state index is 0. The van der Waals surface area contributed by atoms with Gasteiger partial charge in [-0.1, -0.05) is 0 Å². The molecule has 0 radical (unpaired) electrons. The van der Waals surface area contributed by atoms with E-state index in [4.69, 9.17) is 47.2 Å². The maximum absolute atomic E-state index is 8.46. The van der Waals surface area contributed by atoms with E-state index < -0.39 is 61.9 Å². The fraction of sp³-hybridized carbons (Fsp3) is 1.00. The van der Waals surface area contributed by atoms with E-state index in [1.54, 1.807) is 20.8 Å². The molecule has 16 heteroatoms. The molecule has 0 spiro atoms. The van der Waals surface area contributed by atoms with E-state index in [1.807, 2.05) is 0 Å². The Morgan fingerprint density at radius 2 is 0.591 bits per heavy atom. The summed E-state index contributed by atoms with van der Waals surface area (Å²) in [6.07, 6.45) is 0. The van der Waals surface area contributed by atoms with Crippen LogP contribution < -0.4 is 16.6 Å². The molecule has 0 aromatic heterocycles. The molecule has 0 aliphatic rings. The summed E-state index contributed by atoms with van der Waals surface area (Å²) in [7, 11) is 0. The quantitative estimate of drug-likeness (QED) is 0.311. The van der Waals surface area contributed by atoms with E-state index in [1.165, 1.54) is 0 Å². The van der Waals surface area contributed by atoms with Crippen LogP contribution in [0.4, 0.5) is 0 Å². The van der Waals surface area contributed by atoms with Crippen LogP contribution in [0.1, 0.15) is 20.8 Å². The van der Waals surface area contributed by atoms with Crippen LogP contribution in [0.2, 0.25) is 0 Å². The SMILES string of the molecule is CCO.CCO.CCO.[O]=[Al][O-].[O]=[Al][O-].[O]=[Al][O-].[O]=[Al][O-].[Ti+4]. The zero-order valence-corrected chi connectivity index (χ0v) is 18.7. The summed E-state index contributed by atoms with van der Waals surface area (Å²) in [5.41, 5.74) is 0. The normalized spacial score (nSPS) is 3.91. The number of rotatable bonds is 0. The van der Waals surface area contributed by atoms with E-state index in [0.717, 1.165) is 0 Å². The van der Waals surface area contributed by atoms with Crippen LogP contribution in [0.15, 0.2) is 0 Å². The van der Waals surface area contributed by atoms with Crippen LogP contribution in [-0.4, -0.2) is 97.1 Å². The van der Waals surface area contributed by atoms with Gasteiger partial charge < -0.3 is 15.3 Å². The number of aliphatic hydroxyl groups is 3. The molecule has 0 aliphatic carbocycles. The van der Waals surface area contributed by atoms with Crippen molar-refractivity contribution < 1.29 is 68.9 Å². The molecule has 3 N–H and O–H groups in total. The van der Waals surface area contributed by atoms with Crippen molar-refractivity contribution in [3.63, 3.8) is 0 Å². The van der Waals surface area contributed by atoms with Crippen molar-refractivity contribution in [3.05, 3.63) is 0 Å². The Morgan fingerprint density at radius 3 is 0.591 bits per heavy atom. The third-order valence-corrected chi connectivity index (χ3v) is 0. The Morgan fingerprint density at radius 1 is 0.591 bits per heavy atom. The summed E-state index contributed by atoms with van der Waals surface area (Å²) in [6.45, 7) is 5.79. The van der Waals surface area contributed by atoms with Crippen LogP contribution in [0.5, 0.6) is 0 Å². The Bertz CT molecular complexity index is 117. The van der Waals surface area contributed by atoms with Crippen molar-refractivity contribution in [1.82, 2.24) is 0 Å². The molecule has 0 amide bonds. The number of aliphatic hydroxyl groups excluding tert-OH is 3. The van der Waals surface area contributed by atoms with Gasteiger partial charge in [-0.15, -0.1) is 0 Å². The van der Waals surface area contributed by atoms with Crippen LogP contribution in [0.3, 0.4) is 0 Å². The maximum Gasteiger partial charge on any atom is 4.00 e. The summed E-state index contributed by atoms with van der Waals surface area (Å²) in [5, 5.41) is 22.7. The van der Waals surface area contributed by atoms with Gasteiger partial charge in [0.25, 0.3) is 0 Å². The molecule has 0 bridgehead atoms. The molecule has 124 valence electrons.